The van der Waals surface area contributed by atoms with Crippen LogP contribution in [-0.2, 0) is 9.63 Å². The molecule has 1 unspecified atom stereocenters. The van der Waals surface area contributed by atoms with Crippen LogP contribution in [0.5, 0.6) is 0 Å². The summed E-state index contributed by atoms with van der Waals surface area (Å²) in [7, 11) is 0. The number of carbonyl (C=O) groups excluding carboxylic acids is 1. The Morgan fingerprint density at radius 2 is 2.64 bits per heavy atom. The lowest BCUT2D eigenvalue weighted by Gasteiger charge is -2.04. The molecule has 62 valence electrons. The molecule has 1 rings (SSSR count). The molecule has 0 radical (unpaired) electrons. The molecule has 4 heteroatoms. The van der Waals surface area contributed by atoms with Gasteiger partial charge in [0, 0.05) is 12.8 Å². The zero-order valence-electron chi connectivity index (χ0n) is 6.54. The van der Waals surface area contributed by atoms with Crippen molar-refractivity contribution in [2.45, 2.75) is 32.3 Å². The Kier molecular flexibility index (Phi) is 2.46. The van der Waals surface area contributed by atoms with Crippen LogP contribution in [0, 0.1) is 0 Å². The lowest BCUT2D eigenvalue weighted by Crippen LogP contribution is -2.14. The number of carbonyl (C=O) groups is 1. The standard InChI is InChI=1S/C7H12N2O2/c1-5(10)2-3-6-4-7(8)9-11-6/h6H,2-4H2,1H3,(H2,8,9). The average Bonchev–Trinajstić information content (AvgIpc) is 2.31. The lowest BCUT2D eigenvalue weighted by atomic mass is 10.1. The van der Waals surface area contributed by atoms with E-state index in [4.69, 9.17) is 10.6 Å². The SMILES string of the molecule is CC(=O)CCC1CC(N)=NO1. The highest BCUT2D eigenvalue weighted by molar-refractivity contribution is 5.81. The molecule has 2 N–H and O–H groups in total. The maximum absolute atomic E-state index is 10.6. The van der Waals surface area contributed by atoms with E-state index in [9.17, 15) is 4.79 Å². The van der Waals surface area contributed by atoms with Crippen molar-refractivity contribution in [1.82, 2.24) is 0 Å². The fraction of sp³-hybridized carbons (Fsp3) is 0.714. The number of ketones is 1. The van der Waals surface area contributed by atoms with Crippen molar-refractivity contribution in [2.24, 2.45) is 10.9 Å². The van der Waals surface area contributed by atoms with Crippen molar-refractivity contribution in [3.63, 3.8) is 0 Å². The van der Waals surface area contributed by atoms with Crippen molar-refractivity contribution >= 4 is 11.6 Å². The molecule has 0 fully saturated rings. The number of amidine groups is 1. The first-order valence-corrected chi connectivity index (χ1v) is 3.66. The normalized spacial score (nSPS) is 22.6. The van der Waals surface area contributed by atoms with E-state index in [1.54, 1.807) is 6.92 Å². The summed E-state index contributed by atoms with van der Waals surface area (Å²) in [4.78, 5) is 15.5. The first-order valence-electron chi connectivity index (χ1n) is 3.66. The summed E-state index contributed by atoms with van der Waals surface area (Å²) in [5.74, 6) is 0.706. The van der Waals surface area contributed by atoms with Crippen LogP contribution in [0.25, 0.3) is 0 Å². The van der Waals surface area contributed by atoms with Gasteiger partial charge in [-0.3, -0.25) is 0 Å². The van der Waals surface area contributed by atoms with Crippen LogP contribution in [0.4, 0.5) is 0 Å². The Hall–Kier alpha value is -1.06. The van der Waals surface area contributed by atoms with Gasteiger partial charge in [-0.2, -0.15) is 0 Å². The Balaban J connectivity index is 2.16. The van der Waals surface area contributed by atoms with Gasteiger partial charge in [-0.1, -0.05) is 5.16 Å². The van der Waals surface area contributed by atoms with Crippen LogP contribution in [0.2, 0.25) is 0 Å². The summed E-state index contributed by atoms with van der Waals surface area (Å²) in [5, 5.41) is 3.58. The Morgan fingerprint density at radius 1 is 1.91 bits per heavy atom. The summed E-state index contributed by atoms with van der Waals surface area (Å²) >= 11 is 0. The van der Waals surface area contributed by atoms with E-state index in [-0.39, 0.29) is 11.9 Å². The molecule has 0 aromatic rings. The van der Waals surface area contributed by atoms with E-state index in [0.29, 0.717) is 18.7 Å². The summed E-state index contributed by atoms with van der Waals surface area (Å²) in [6, 6.07) is 0. The highest BCUT2D eigenvalue weighted by Crippen LogP contribution is 2.13. The van der Waals surface area contributed by atoms with Gasteiger partial charge >= 0.3 is 0 Å². The van der Waals surface area contributed by atoms with Crippen LogP contribution < -0.4 is 5.73 Å². The molecule has 4 nitrogen and oxygen atoms in total. The van der Waals surface area contributed by atoms with Crippen molar-refractivity contribution in [3.05, 3.63) is 0 Å². The summed E-state index contributed by atoms with van der Waals surface area (Å²) < 4.78 is 0. The molecule has 1 aliphatic heterocycles. The van der Waals surface area contributed by atoms with E-state index in [1.165, 1.54) is 0 Å². The smallest absolute Gasteiger partial charge is 0.143 e. The number of hydrogen-bond donors (Lipinski definition) is 1. The minimum atomic E-state index is 0.0268. The Bertz CT molecular complexity index is 189. The lowest BCUT2D eigenvalue weighted by molar-refractivity contribution is -0.117. The minimum Gasteiger partial charge on any atom is -0.391 e. The van der Waals surface area contributed by atoms with Crippen molar-refractivity contribution in [1.29, 1.82) is 0 Å². The molecular formula is C7H12N2O2. The molecule has 0 aromatic heterocycles. The topological polar surface area (TPSA) is 64.7 Å². The summed E-state index contributed by atoms with van der Waals surface area (Å²) in [5.41, 5.74) is 5.37. The van der Waals surface area contributed by atoms with Gasteiger partial charge in [0.2, 0.25) is 0 Å². The molecule has 0 spiro atoms. The molecule has 1 aliphatic rings. The van der Waals surface area contributed by atoms with E-state index >= 15 is 0 Å². The van der Waals surface area contributed by atoms with Gasteiger partial charge in [0.1, 0.15) is 17.7 Å². The van der Waals surface area contributed by atoms with Crippen molar-refractivity contribution < 1.29 is 9.63 Å². The third-order valence-electron chi connectivity index (χ3n) is 1.57. The second kappa shape index (κ2) is 3.37. The Labute approximate surface area is 65.4 Å². The predicted molar refractivity (Wildman–Crippen MR) is 41.0 cm³/mol. The largest absolute Gasteiger partial charge is 0.391 e. The highest BCUT2D eigenvalue weighted by atomic mass is 16.6. The van der Waals surface area contributed by atoms with E-state index < -0.39 is 0 Å². The zero-order chi connectivity index (χ0) is 8.27. The third-order valence-corrected chi connectivity index (χ3v) is 1.57. The quantitative estimate of drug-likeness (QED) is 0.643. The number of hydrogen-bond acceptors (Lipinski definition) is 4. The number of nitrogens with zero attached hydrogens (tertiary/aromatic N) is 1. The average molecular weight is 156 g/mol. The molecule has 0 saturated heterocycles. The van der Waals surface area contributed by atoms with Gasteiger partial charge in [-0.15, -0.1) is 0 Å². The van der Waals surface area contributed by atoms with Crippen LogP contribution in [0.1, 0.15) is 26.2 Å². The van der Waals surface area contributed by atoms with E-state index in [2.05, 4.69) is 5.16 Å². The summed E-state index contributed by atoms with van der Waals surface area (Å²) in [6.07, 6.45) is 1.96. The van der Waals surface area contributed by atoms with Gasteiger partial charge in [0.05, 0.1) is 0 Å². The molecule has 0 saturated carbocycles. The fourth-order valence-electron chi connectivity index (χ4n) is 0.969. The molecule has 0 amide bonds. The summed E-state index contributed by atoms with van der Waals surface area (Å²) in [6.45, 7) is 1.57. The third kappa shape index (κ3) is 2.57. The van der Waals surface area contributed by atoms with E-state index in [0.717, 1.165) is 6.42 Å². The van der Waals surface area contributed by atoms with E-state index in [1.807, 2.05) is 0 Å². The van der Waals surface area contributed by atoms with Crippen LogP contribution in [0.3, 0.4) is 0 Å². The van der Waals surface area contributed by atoms with Gasteiger partial charge in [0.25, 0.3) is 0 Å². The molecule has 0 aliphatic carbocycles. The molecule has 0 aromatic carbocycles. The molecule has 1 atom stereocenters. The maximum Gasteiger partial charge on any atom is 0.143 e. The van der Waals surface area contributed by atoms with Crippen LogP contribution in [0.15, 0.2) is 5.16 Å². The molecule has 0 bridgehead atoms. The van der Waals surface area contributed by atoms with Crippen LogP contribution >= 0.6 is 0 Å². The minimum absolute atomic E-state index is 0.0268. The number of Topliss-reactive ketones (excluding diaryl/α,β-unsaturated/α-hetero) is 1. The first-order chi connectivity index (χ1) is 5.18. The number of rotatable bonds is 3. The van der Waals surface area contributed by atoms with Crippen LogP contribution in [-0.4, -0.2) is 17.7 Å². The fourth-order valence-corrected chi connectivity index (χ4v) is 0.969. The second-order valence-corrected chi connectivity index (χ2v) is 2.75. The molecular weight excluding hydrogens is 144 g/mol. The predicted octanol–water partition coefficient (Wildman–Crippen LogP) is 0.417. The maximum atomic E-state index is 10.6. The van der Waals surface area contributed by atoms with Crippen molar-refractivity contribution in [2.75, 3.05) is 0 Å². The second-order valence-electron chi connectivity index (χ2n) is 2.75. The monoisotopic (exact) mass is 156 g/mol. The number of oxime groups is 1. The molecule has 11 heavy (non-hydrogen) atoms. The van der Waals surface area contributed by atoms with Gasteiger partial charge in [-0.05, 0) is 13.3 Å². The van der Waals surface area contributed by atoms with Gasteiger partial charge < -0.3 is 15.4 Å². The van der Waals surface area contributed by atoms with Gasteiger partial charge in [-0.25, -0.2) is 0 Å². The zero-order valence-corrected chi connectivity index (χ0v) is 6.54. The van der Waals surface area contributed by atoms with Gasteiger partial charge in [0.15, 0.2) is 0 Å². The molecule has 1 heterocycles. The highest BCUT2D eigenvalue weighted by Gasteiger charge is 2.18. The Morgan fingerprint density at radius 3 is 3.09 bits per heavy atom. The van der Waals surface area contributed by atoms with Crippen molar-refractivity contribution in [3.8, 4) is 0 Å². The first kappa shape index (κ1) is 8.04. The number of nitrogens with two attached hydrogens (primary N) is 1.